The normalized spacial score (nSPS) is 20.2. The van der Waals surface area contributed by atoms with Crippen molar-refractivity contribution >= 4 is 0 Å². The van der Waals surface area contributed by atoms with Gasteiger partial charge in [0.15, 0.2) is 11.6 Å². The summed E-state index contributed by atoms with van der Waals surface area (Å²) in [5, 5.41) is 3.34. The number of halogens is 1. The Hall–Kier alpha value is -1.13. The number of hydrogen-bond donors (Lipinski definition) is 1. The van der Waals surface area contributed by atoms with Gasteiger partial charge in [-0.2, -0.15) is 0 Å². The van der Waals surface area contributed by atoms with Gasteiger partial charge in [-0.25, -0.2) is 4.39 Å². The molecule has 1 aromatic rings. The van der Waals surface area contributed by atoms with E-state index >= 15 is 0 Å². The van der Waals surface area contributed by atoms with Crippen molar-refractivity contribution < 1.29 is 9.13 Å². The Kier molecular flexibility index (Phi) is 5.09. The zero-order valence-electron chi connectivity index (χ0n) is 12.6. The fourth-order valence-corrected chi connectivity index (χ4v) is 2.91. The molecule has 1 saturated heterocycles. The van der Waals surface area contributed by atoms with E-state index in [1.807, 2.05) is 6.07 Å². The summed E-state index contributed by atoms with van der Waals surface area (Å²) >= 11 is 0. The number of benzene rings is 1. The maximum atomic E-state index is 14.0. The molecule has 3 nitrogen and oxygen atoms in total. The number of piperazine rings is 1. The molecule has 1 aromatic carbocycles. The molecule has 0 amide bonds. The van der Waals surface area contributed by atoms with Gasteiger partial charge in [0.2, 0.25) is 0 Å². The predicted octanol–water partition coefficient (Wildman–Crippen LogP) is 2.45. The summed E-state index contributed by atoms with van der Waals surface area (Å²) in [6, 6.07) is 5.43. The van der Waals surface area contributed by atoms with Crippen LogP contribution in [0.25, 0.3) is 0 Å². The van der Waals surface area contributed by atoms with E-state index in [1.165, 1.54) is 19.3 Å². The lowest BCUT2D eigenvalue weighted by atomic mass is 9.86. The third-order valence-electron chi connectivity index (χ3n) is 4.62. The number of nitrogens with one attached hydrogen (secondary N) is 1. The fraction of sp³-hybridized carbons (Fsp3) is 0.647. The Balaban J connectivity index is 1.48. The molecule has 0 aromatic heterocycles. The second-order valence-electron chi connectivity index (χ2n) is 6.21. The van der Waals surface area contributed by atoms with Crippen molar-refractivity contribution in [2.45, 2.75) is 25.7 Å². The molecule has 3 rings (SSSR count). The van der Waals surface area contributed by atoms with Crippen molar-refractivity contribution in [1.29, 1.82) is 0 Å². The first kappa shape index (κ1) is 14.8. The Morgan fingerprint density at radius 1 is 1.24 bits per heavy atom. The first-order chi connectivity index (χ1) is 10.3. The zero-order chi connectivity index (χ0) is 14.5. The van der Waals surface area contributed by atoms with Gasteiger partial charge in [0.05, 0.1) is 6.61 Å². The molecule has 0 unspecified atom stereocenters. The Labute approximate surface area is 126 Å². The minimum absolute atomic E-state index is 0.216. The summed E-state index contributed by atoms with van der Waals surface area (Å²) in [6.45, 7) is 5.96. The second kappa shape index (κ2) is 7.23. The van der Waals surface area contributed by atoms with Crippen LogP contribution in [-0.2, 0) is 6.42 Å². The monoisotopic (exact) mass is 292 g/mol. The van der Waals surface area contributed by atoms with Crippen molar-refractivity contribution in [3.05, 3.63) is 29.6 Å². The molecule has 0 bridgehead atoms. The molecular formula is C17H25FN2O. The summed E-state index contributed by atoms with van der Waals surface area (Å²) in [7, 11) is 0. The van der Waals surface area contributed by atoms with Crippen LogP contribution < -0.4 is 10.1 Å². The van der Waals surface area contributed by atoms with E-state index in [9.17, 15) is 4.39 Å². The summed E-state index contributed by atoms with van der Waals surface area (Å²) < 4.78 is 19.6. The van der Waals surface area contributed by atoms with E-state index in [0.717, 1.165) is 44.7 Å². The Bertz CT molecular complexity index is 456. The molecule has 0 radical (unpaired) electrons. The molecule has 1 N–H and O–H groups in total. The van der Waals surface area contributed by atoms with Gasteiger partial charge in [-0.15, -0.1) is 0 Å². The van der Waals surface area contributed by atoms with Crippen molar-refractivity contribution in [2.75, 3.05) is 39.3 Å². The highest BCUT2D eigenvalue weighted by atomic mass is 19.1. The van der Waals surface area contributed by atoms with E-state index < -0.39 is 0 Å². The van der Waals surface area contributed by atoms with Crippen LogP contribution in [0.5, 0.6) is 5.75 Å². The highest BCUT2D eigenvalue weighted by Crippen LogP contribution is 2.28. The predicted molar refractivity (Wildman–Crippen MR) is 82.2 cm³/mol. The lowest BCUT2D eigenvalue weighted by Gasteiger charge is -2.27. The summed E-state index contributed by atoms with van der Waals surface area (Å²) in [5.74, 6) is 0.830. The van der Waals surface area contributed by atoms with E-state index in [0.29, 0.717) is 18.3 Å². The van der Waals surface area contributed by atoms with Crippen LogP contribution >= 0.6 is 0 Å². The van der Waals surface area contributed by atoms with Crippen LogP contribution in [0, 0.1) is 11.7 Å². The molecule has 4 heteroatoms. The van der Waals surface area contributed by atoms with E-state index in [2.05, 4.69) is 10.2 Å². The second-order valence-corrected chi connectivity index (χ2v) is 6.21. The fourth-order valence-electron chi connectivity index (χ4n) is 2.91. The lowest BCUT2D eigenvalue weighted by molar-refractivity contribution is 0.175. The van der Waals surface area contributed by atoms with Gasteiger partial charge in [-0.05, 0) is 42.9 Å². The molecule has 116 valence electrons. The average Bonchev–Trinajstić information content (AvgIpc) is 2.46. The molecule has 0 spiro atoms. The Morgan fingerprint density at radius 3 is 2.71 bits per heavy atom. The van der Waals surface area contributed by atoms with Gasteiger partial charge < -0.3 is 15.0 Å². The van der Waals surface area contributed by atoms with E-state index in [1.54, 1.807) is 12.1 Å². The van der Waals surface area contributed by atoms with Crippen LogP contribution in [0.3, 0.4) is 0 Å². The number of rotatable bonds is 6. The van der Waals surface area contributed by atoms with Crippen LogP contribution in [-0.4, -0.2) is 44.2 Å². The first-order valence-corrected chi connectivity index (χ1v) is 8.15. The minimum atomic E-state index is -0.216. The van der Waals surface area contributed by atoms with Crippen molar-refractivity contribution in [1.82, 2.24) is 10.2 Å². The van der Waals surface area contributed by atoms with Gasteiger partial charge in [0.25, 0.3) is 0 Å². The van der Waals surface area contributed by atoms with E-state index in [4.69, 9.17) is 4.74 Å². The van der Waals surface area contributed by atoms with Gasteiger partial charge in [0.1, 0.15) is 0 Å². The molecule has 1 aliphatic carbocycles. The SMILES string of the molecule is Fc1cc(CCN2CCNCC2)ccc1OCC1CCC1. The van der Waals surface area contributed by atoms with Crippen LogP contribution in [0.2, 0.25) is 0 Å². The maximum Gasteiger partial charge on any atom is 0.165 e. The van der Waals surface area contributed by atoms with Crippen LogP contribution in [0.1, 0.15) is 24.8 Å². The minimum Gasteiger partial charge on any atom is -0.490 e. The van der Waals surface area contributed by atoms with Gasteiger partial charge in [0, 0.05) is 32.7 Å². The maximum absolute atomic E-state index is 14.0. The number of nitrogens with zero attached hydrogens (tertiary/aromatic N) is 1. The van der Waals surface area contributed by atoms with Crippen LogP contribution in [0.4, 0.5) is 4.39 Å². The third-order valence-corrected chi connectivity index (χ3v) is 4.62. The standard InChI is InChI=1S/C17H25FN2O/c18-16-12-14(6-9-20-10-7-19-8-11-20)4-5-17(16)21-13-15-2-1-3-15/h4-5,12,15,19H,1-3,6-11,13H2. The molecule has 2 aliphatic rings. The lowest BCUT2D eigenvalue weighted by Crippen LogP contribution is -2.44. The number of ether oxygens (including phenoxy) is 1. The number of hydrogen-bond acceptors (Lipinski definition) is 3. The quantitative estimate of drug-likeness (QED) is 0.871. The highest BCUT2D eigenvalue weighted by Gasteiger charge is 2.18. The Morgan fingerprint density at radius 2 is 2.05 bits per heavy atom. The highest BCUT2D eigenvalue weighted by molar-refractivity contribution is 5.29. The smallest absolute Gasteiger partial charge is 0.165 e. The first-order valence-electron chi connectivity index (χ1n) is 8.15. The van der Waals surface area contributed by atoms with Crippen molar-refractivity contribution in [3.63, 3.8) is 0 Å². The molecule has 21 heavy (non-hydrogen) atoms. The molecule has 2 fully saturated rings. The molecule has 1 aliphatic heterocycles. The summed E-state index contributed by atoms with van der Waals surface area (Å²) in [5.41, 5.74) is 1.06. The van der Waals surface area contributed by atoms with Gasteiger partial charge in [-0.3, -0.25) is 0 Å². The van der Waals surface area contributed by atoms with Crippen molar-refractivity contribution in [2.24, 2.45) is 5.92 Å². The van der Waals surface area contributed by atoms with Gasteiger partial charge >= 0.3 is 0 Å². The topological polar surface area (TPSA) is 24.5 Å². The molecule has 0 atom stereocenters. The zero-order valence-corrected chi connectivity index (χ0v) is 12.6. The van der Waals surface area contributed by atoms with Crippen molar-refractivity contribution in [3.8, 4) is 5.75 Å². The molecule has 1 saturated carbocycles. The molecule has 1 heterocycles. The van der Waals surface area contributed by atoms with Gasteiger partial charge in [-0.1, -0.05) is 12.5 Å². The summed E-state index contributed by atoms with van der Waals surface area (Å²) in [6.07, 6.45) is 4.65. The molecular weight excluding hydrogens is 267 g/mol. The largest absolute Gasteiger partial charge is 0.490 e. The average molecular weight is 292 g/mol. The third kappa shape index (κ3) is 4.17. The summed E-state index contributed by atoms with van der Waals surface area (Å²) in [4.78, 5) is 2.43. The van der Waals surface area contributed by atoms with E-state index in [-0.39, 0.29) is 5.82 Å². The van der Waals surface area contributed by atoms with Crippen LogP contribution in [0.15, 0.2) is 18.2 Å².